The molecule has 1 unspecified atom stereocenters. The lowest BCUT2D eigenvalue weighted by atomic mass is 10.2. The third-order valence-corrected chi connectivity index (χ3v) is 5.38. The van der Waals surface area contributed by atoms with E-state index in [9.17, 15) is 16.8 Å². The van der Waals surface area contributed by atoms with E-state index in [-0.39, 0.29) is 10.6 Å². The minimum atomic E-state index is -4.06. The van der Waals surface area contributed by atoms with E-state index in [0.717, 1.165) is 11.8 Å². The first-order chi connectivity index (χ1) is 10.1. The molecule has 0 fully saturated rings. The van der Waals surface area contributed by atoms with Crippen LogP contribution < -0.4 is 0 Å². The Balaban J connectivity index is 2.54. The normalized spacial score (nSPS) is 14.0. The Kier molecular flexibility index (Phi) is 4.41. The fraction of sp³-hybridized carbons (Fsp3) is 0.308. The van der Waals surface area contributed by atoms with Crippen molar-refractivity contribution in [3.05, 3.63) is 47.5 Å². The van der Waals surface area contributed by atoms with Gasteiger partial charge in [-0.3, -0.25) is 0 Å². The first-order valence-corrected chi connectivity index (χ1v) is 9.66. The van der Waals surface area contributed by atoms with Crippen molar-refractivity contribution in [2.75, 3.05) is 6.26 Å². The van der Waals surface area contributed by atoms with Crippen LogP contribution in [0.25, 0.3) is 0 Å². The van der Waals surface area contributed by atoms with Gasteiger partial charge in [0.25, 0.3) is 10.1 Å². The Bertz CT molecular complexity index is 867. The molecule has 1 atom stereocenters. The average molecular weight is 344 g/mol. The van der Waals surface area contributed by atoms with Crippen LogP contribution in [0.3, 0.4) is 0 Å². The Morgan fingerprint density at radius 1 is 1.09 bits per heavy atom. The van der Waals surface area contributed by atoms with E-state index < -0.39 is 25.4 Å². The molecule has 1 aromatic carbocycles. The van der Waals surface area contributed by atoms with E-state index in [1.807, 2.05) is 6.92 Å². The highest BCUT2D eigenvalue weighted by Gasteiger charge is 2.34. The lowest BCUT2D eigenvalue weighted by Gasteiger charge is -2.15. The molecule has 0 spiro atoms. The Morgan fingerprint density at radius 3 is 2.14 bits per heavy atom. The second kappa shape index (κ2) is 5.82. The Hall–Kier alpha value is -1.71. The summed E-state index contributed by atoms with van der Waals surface area (Å²) in [5.74, 6) is 0.455. The monoisotopic (exact) mass is 344 g/mol. The number of sulfone groups is 1. The molecule has 0 saturated heterocycles. The van der Waals surface area contributed by atoms with Crippen molar-refractivity contribution in [1.82, 2.24) is 9.97 Å². The highest BCUT2D eigenvalue weighted by atomic mass is 32.2. The van der Waals surface area contributed by atoms with E-state index in [4.69, 9.17) is 4.18 Å². The number of aromatic nitrogens is 2. The summed E-state index contributed by atoms with van der Waals surface area (Å²) in [4.78, 5) is 6.57. The van der Waals surface area contributed by atoms with E-state index in [1.54, 1.807) is 19.1 Å². The fourth-order valence-electron chi connectivity index (χ4n) is 1.84. The van der Waals surface area contributed by atoms with Gasteiger partial charge in [0, 0.05) is 0 Å². The molecule has 2 rings (SSSR count). The molecule has 0 aliphatic carbocycles. The molecule has 9 heteroatoms. The second-order valence-electron chi connectivity index (χ2n) is 4.91. The molecule has 7 nitrogen and oxygen atoms in total. The van der Waals surface area contributed by atoms with Crippen LogP contribution in [0, 0.1) is 13.8 Å². The van der Waals surface area contributed by atoms with E-state index in [2.05, 4.69) is 9.97 Å². The summed E-state index contributed by atoms with van der Waals surface area (Å²) in [5.41, 5.74) is -0.758. The molecule has 0 aliphatic heterocycles. The van der Waals surface area contributed by atoms with Gasteiger partial charge in [-0.05, 0) is 26.0 Å². The van der Waals surface area contributed by atoms with Gasteiger partial charge in [0.2, 0.25) is 15.3 Å². The van der Waals surface area contributed by atoms with Crippen molar-refractivity contribution in [2.24, 2.45) is 0 Å². The zero-order chi connectivity index (χ0) is 16.5. The van der Waals surface area contributed by atoms with E-state index in [1.165, 1.54) is 18.3 Å². The van der Waals surface area contributed by atoms with Crippen molar-refractivity contribution in [3.8, 4) is 0 Å². The second-order valence-corrected chi connectivity index (χ2v) is 8.50. The third kappa shape index (κ3) is 3.73. The number of aryl methyl sites for hydroxylation is 2. The fourth-order valence-corrected chi connectivity index (χ4v) is 4.32. The predicted molar refractivity (Wildman–Crippen MR) is 80.4 cm³/mol. The summed E-state index contributed by atoms with van der Waals surface area (Å²) in [6.07, 6.45) is 2.05. The number of benzene rings is 1. The molecular weight excluding hydrogens is 328 g/mol. The van der Waals surface area contributed by atoms with Gasteiger partial charge in [-0.15, -0.1) is 0 Å². The number of nitrogens with one attached hydrogen (secondary N) is 1. The summed E-state index contributed by atoms with van der Waals surface area (Å²) >= 11 is 0. The molecule has 0 aliphatic rings. The van der Waals surface area contributed by atoms with Gasteiger partial charge < -0.3 is 4.98 Å². The maximum absolute atomic E-state index is 12.7. The van der Waals surface area contributed by atoms with Gasteiger partial charge in [0.15, 0.2) is 0 Å². The summed E-state index contributed by atoms with van der Waals surface area (Å²) in [5, 5.41) is 0. The summed E-state index contributed by atoms with van der Waals surface area (Å²) in [7, 11) is -8.05. The molecule has 1 heterocycles. The number of hydrogen-bond acceptors (Lipinski definition) is 6. The van der Waals surface area contributed by atoms with E-state index in [0.29, 0.717) is 5.82 Å². The molecule has 0 radical (unpaired) electrons. The molecule has 0 saturated carbocycles. The third-order valence-electron chi connectivity index (χ3n) is 2.87. The van der Waals surface area contributed by atoms with Gasteiger partial charge in [0.1, 0.15) is 5.82 Å². The molecular formula is C13H16N2O5S2. The van der Waals surface area contributed by atoms with Crippen LogP contribution in [0.5, 0.6) is 0 Å². The van der Waals surface area contributed by atoms with Crippen molar-refractivity contribution < 1.29 is 21.0 Å². The number of aromatic amines is 1. The quantitative estimate of drug-likeness (QED) is 0.823. The zero-order valence-corrected chi connectivity index (χ0v) is 13.9. The predicted octanol–water partition coefficient (Wildman–Crippen LogP) is 1.48. The van der Waals surface area contributed by atoms with Crippen molar-refractivity contribution >= 4 is 20.0 Å². The molecule has 0 amide bonds. The zero-order valence-electron chi connectivity index (χ0n) is 12.3. The first-order valence-electron chi connectivity index (χ1n) is 6.30. The highest BCUT2D eigenvalue weighted by molar-refractivity contribution is 7.92. The highest BCUT2D eigenvalue weighted by Crippen LogP contribution is 2.30. The average Bonchev–Trinajstić information content (AvgIpc) is 2.82. The molecule has 2 aromatic rings. The number of H-pyrrole nitrogens is 1. The molecule has 1 N–H and O–H groups in total. The molecule has 1 aromatic heterocycles. The largest absolute Gasteiger partial charge is 0.343 e. The number of hydrogen-bond donors (Lipinski definition) is 1. The van der Waals surface area contributed by atoms with E-state index >= 15 is 0 Å². The summed E-state index contributed by atoms with van der Waals surface area (Å²) in [6.45, 7) is 3.44. The van der Waals surface area contributed by atoms with Crippen LogP contribution in [-0.4, -0.2) is 33.1 Å². The lowest BCUT2D eigenvalue weighted by Crippen LogP contribution is -2.20. The van der Waals surface area contributed by atoms with Gasteiger partial charge in [-0.1, -0.05) is 17.7 Å². The topological polar surface area (TPSA) is 106 Å². The first kappa shape index (κ1) is 16.7. The number of nitrogens with zero attached hydrogens (tertiary/aromatic N) is 1. The maximum atomic E-state index is 12.7. The van der Waals surface area contributed by atoms with Crippen LogP contribution in [0.2, 0.25) is 0 Å². The van der Waals surface area contributed by atoms with Gasteiger partial charge in [0.05, 0.1) is 23.0 Å². The standard InChI is InChI=1S/C13H16N2O5S2/c1-9-4-6-11(7-5-9)22(18,19)13(20-21(3,16)17)12-8-14-10(2)15-12/h4-8,13H,1-3H3,(H,14,15). The Labute approximate surface area is 129 Å². The van der Waals surface area contributed by atoms with Gasteiger partial charge in [-0.25, -0.2) is 17.6 Å². The smallest absolute Gasteiger partial charge is 0.266 e. The van der Waals surface area contributed by atoms with Crippen molar-refractivity contribution in [2.45, 2.75) is 24.2 Å². The van der Waals surface area contributed by atoms with Crippen molar-refractivity contribution in [1.29, 1.82) is 0 Å². The van der Waals surface area contributed by atoms with Crippen LogP contribution in [-0.2, 0) is 24.1 Å². The Morgan fingerprint density at radius 2 is 1.68 bits per heavy atom. The number of rotatable bonds is 5. The van der Waals surface area contributed by atoms with Gasteiger partial charge >= 0.3 is 0 Å². The van der Waals surface area contributed by atoms with Crippen LogP contribution in [0.15, 0.2) is 35.4 Å². The summed E-state index contributed by atoms with van der Waals surface area (Å²) in [6, 6.07) is 6.07. The molecule has 0 bridgehead atoms. The lowest BCUT2D eigenvalue weighted by molar-refractivity contribution is 0.282. The minimum Gasteiger partial charge on any atom is -0.343 e. The van der Waals surface area contributed by atoms with Crippen LogP contribution in [0.1, 0.15) is 22.5 Å². The van der Waals surface area contributed by atoms with Gasteiger partial charge in [-0.2, -0.15) is 8.42 Å². The minimum absolute atomic E-state index is 0.0287. The van der Waals surface area contributed by atoms with Crippen molar-refractivity contribution in [3.63, 3.8) is 0 Å². The summed E-state index contributed by atoms with van der Waals surface area (Å²) < 4.78 is 53.1. The molecule has 22 heavy (non-hydrogen) atoms. The van der Waals surface area contributed by atoms with Crippen LogP contribution in [0.4, 0.5) is 0 Å². The number of imidazole rings is 1. The SMILES string of the molecule is Cc1ccc(S(=O)(=O)C(OS(C)(=O)=O)c2cnc(C)[nH]2)cc1. The molecule has 120 valence electrons. The maximum Gasteiger partial charge on any atom is 0.266 e. The van der Waals surface area contributed by atoms with Crippen LogP contribution >= 0.6 is 0 Å².